The Morgan fingerprint density at radius 2 is 2.13 bits per heavy atom. The van der Waals surface area contributed by atoms with Crippen LogP contribution in [0.4, 0.5) is 16.4 Å². The first-order valence-corrected chi connectivity index (χ1v) is 11.6. The van der Waals surface area contributed by atoms with E-state index in [2.05, 4.69) is 30.5 Å². The molecule has 1 fully saturated rings. The van der Waals surface area contributed by atoms with Gasteiger partial charge in [0.05, 0.1) is 6.61 Å². The molecule has 0 bridgehead atoms. The molecular formula is C19H28N6O5S. The summed E-state index contributed by atoms with van der Waals surface area (Å²) in [6.07, 6.45) is 3.11. The van der Waals surface area contributed by atoms with Crippen LogP contribution in [-0.4, -0.2) is 60.1 Å². The summed E-state index contributed by atoms with van der Waals surface area (Å²) in [4.78, 5) is 15.9. The molecule has 2 atom stereocenters. The van der Waals surface area contributed by atoms with E-state index in [1.807, 2.05) is 19.9 Å². The molecule has 5 N–H and O–H groups in total. The number of hydrogen-bond donors (Lipinski definition) is 5. The van der Waals surface area contributed by atoms with Crippen molar-refractivity contribution in [1.29, 1.82) is 0 Å². The predicted molar refractivity (Wildman–Crippen MR) is 114 cm³/mol. The molecule has 12 heteroatoms. The van der Waals surface area contributed by atoms with Crippen LogP contribution in [0.25, 0.3) is 0 Å². The zero-order valence-electron chi connectivity index (χ0n) is 17.5. The highest BCUT2D eigenvalue weighted by atomic mass is 32.2. The van der Waals surface area contributed by atoms with Crippen molar-refractivity contribution in [3.63, 3.8) is 0 Å². The van der Waals surface area contributed by atoms with Gasteiger partial charge in [0, 0.05) is 36.5 Å². The van der Waals surface area contributed by atoms with E-state index in [1.54, 1.807) is 0 Å². The van der Waals surface area contributed by atoms with Gasteiger partial charge in [0.2, 0.25) is 10.0 Å². The number of anilines is 2. The maximum Gasteiger partial charge on any atom is 0.407 e. The third kappa shape index (κ3) is 6.39. The lowest BCUT2D eigenvalue weighted by molar-refractivity contribution is 0.0981. The molecule has 31 heavy (non-hydrogen) atoms. The number of aliphatic hydroxyl groups is 1. The van der Waals surface area contributed by atoms with Crippen molar-refractivity contribution >= 4 is 27.8 Å². The second-order valence-corrected chi connectivity index (χ2v) is 9.44. The normalized spacial score (nSPS) is 18.8. The van der Waals surface area contributed by atoms with E-state index >= 15 is 0 Å². The number of sulfonamides is 1. The van der Waals surface area contributed by atoms with Crippen molar-refractivity contribution in [2.75, 3.05) is 18.5 Å². The minimum absolute atomic E-state index is 0.00715. The zero-order chi connectivity index (χ0) is 22.4. The molecule has 3 rings (SSSR count). The van der Waals surface area contributed by atoms with Gasteiger partial charge in [-0.25, -0.2) is 22.9 Å². The lowest BCUT2D eigenvalue weighted by atomic mass is 10.0. The van der Waals surface area contributed by atoms with Gasteiger partial charge in [0.1, 0.15) is 16.8 Å². The van der Waals surface area contributed by atoms with Crippen LogP contribution in [0.3, 0.4) is 0 Å². The van der Waals surface area contributed by atoms with E-state index in [9.17, 15) is 13.2 Å². The molecule has 11 nitrogen and oxygen atoms in total. The fraction of sp³-hybridized carbons (Fsp3) is 0.526. The van der Waals surface area contributed by atoms with E-state index in [0.29, 0.717) is 11.6 Å². The van der Waals surface area contributed by atoms with Gasteiger partial charge < -0.3 is 20.5 Å². The van der Waals surface area contributed by atoms with Crippen molar-refractivity contribution in [3.05, 3.63) is 30.1 Å². The third-order valence-electron chi connectivity index (χ3n) is 4.81. The average Bonchev–Trinajstić information content (AvgIpc) is 3.35. The van der Waals surface area contributed by atoms with Gasteiger partial charge in [-0.3, -0.25) is 5.10 Å². The Labute approximate surface area is 181 Å². The van der Waals surface area contributed by atoms with Crippen LogP contribution in [0.2, 0.25) is 0 Å². The Bertz CT molecular complexity index is 976. The number of pyridine rings is 1. The SMILES string of the molecule is CC(C)NC(=O)OC1CCC(c2cc(Nc3ccc(S(=O)(=O)NCCO)cn3)n[nH]2)C1. The summed E-state index contributed by atoms with van der Waals surface area (Å²) in [5.74, 6) is 1.20. The Morgan fingerprint density at radius 3 is 2.81 bits per heavy atom. The highest BCUT2D eigenvalue weighted by molar-refractivity contribution is 7.89. The topological polar surface area (TPSA) is 158 Å². The Hall–Kier alpha value is -2.70. The van der Waals surface area contributed by atoms with Crippen LogP contribution in [0.1, 0.15) is 44.7 Å². The number of alkyl carbamates (subject to hydrolysis) is 1. The number of rotatable bonds is 9. The molecule has 0 radical (unpaired) electrons. The maximum absolute atomic E-state index is 12.0. The quantitative estimate of drug-likeness (QED) is 0.384. The van der Waals surface area contributed by atoms with Crippen molar-refractivity contribution in [2.45, 2.75) is 56.1 Å². The zero-order valence-corrected chi connectivity index (χ0v) is 18.3. The van der Waals surface area contributed by atoms with Crippen LogP contribution in [-0.2, 0) is 14.8 Å². The number of amides is 1. The summed E-state index contributed by atoms with van der Waals surface area (Å²) in [7, 11) is -3.70. The fourth-order valence-electron chi connectivity index (χ4n) is 3.37. The van der Waals surface area contributed by atoms with Crippen LogP contribution in [0.15, 0.2) is 29.3 Å². The van der Waals surface area contributed by atoms with Gasteiger partial charge >= 0.3 is 6.09 Å². The molecule has 0 saturated heterocycles. The molecule has 1 aliphatic carbocycles. The second-order valence-electron chi connectivity index (χ2n) is 7.67. The van der Waals surface area contributed by atoms with Crippen molar-refractivity contribution in [1.82, 2.24) is 25.2 Å². The molecule has 1 amide bonds. The van der Waals surface area contributed by atoms with Gasteiger partial charge in [-0.1, -0.05) is 0 Å². The fourth-order valence-corrected chi connectivity index (χ4v) is 4.33. The number of carbonyl (C=O) groups is 1. The molecule has 0 aromatic carbocycles. The van der Waals surface area contributed by atoms with Crippen molar-refractivity contribution in [3.8, 4) is 0 Å². The predicted octanol–water partition coefficient (Wildman–Crippen LogP) is 1.59. The Kier molecular flexibility index (Phi) is 7.46. The number of carbonyl (C=O) groups excluding carboxylic acids is 1. The molecule has 170 valence electrons. The van der Waals surface area contributed by atoms with E-state index in [1.165, 1.54) is 18.3 Å². The van der Waals surface area contributed by atoms with Gasteiger partial charge in [0.25, 0.3) is 0 Å². The molecule has 1 aliphatic rings. The third-order valence-corrected chi connectivity index (χ3v) is 6.26. The van der Waals surface area contributed by atoms with Gasteiger partial charge in [-0.05, 0) is 45.2 Å². The van der Waals surface area contributed by atoms with E-state index in [-0.39, 0.29) is 36.1 Å². The summed E-state index contributed by atoms with van der Waals surface area (Å²) in [5.41, 5.74) is 0.935. The minimum atomic E-state index is -3.70. The number of ether oxygens (including phenoxy) is 1. The summed E-state index contributed by atoms with van der Waals surface area (Å²) >= 11 is 0. The standard InChI is InChI=1S/C19H28N6O5S/c1-12(2)22-19(27)30-14-4-3-13(9-14)16-10-18(25-24-16)23-17-6-5-15(11-20-17)31(28,29)21-7-8-26/h5-6,10-14,21,26H,3-4,7-9H2,1-2H3,(H,22,27)(H2,20,23,24,25). The van der Waals surface area contributed by atoms with Gasteiger partial charge in [-0.15, -0.1) is 0 Å². The smallest absolute Gasteiger partial charge is 0.407 e. The minimum Gasteiger partial charge on any atom is -0.446 e. The van der Waals surface area contributed by atoms with E-state index < -0.39 is 16.1 Å². The number of hydrogen-bond acceptors (Lipinski definition) is 8. The van der Waals surface area contributed by atoms with E-state index in [0.717, 1.165) is 25.0 Å². The summed E-state index contributed by atoms with van der Waals surface area (Å²) in [5, 5.41) is 21.8. The highest BCUT2D eigenvalue weighted by Crippen LogP contribution is 2.36. The first-order chi connectivity index (χ1) is 14.8. The lowest BCUT2D eigenvalue weighted by Gasteiger charge is -2.14. The number of nitrogens with zero attached hydrogens (tertiary/aromatic N) is 2. The van der Waals surface area contributed by atoms with Crippen LogP contribution in [0.5, 0.6) is 0 Å². The van der Waals surface area contributed by atoms with Crippen LogP contribution < -0.4 is 15.4 Å². The Balaban J connectivity index is 1.55. The van der Waals surface area contributed by atoms with E-state index in [4.69, 9.17) is 9.84 Å². The van der Waals surface area contributed by atoms with Crippen molar-refractivity contribution < 1.29 is 23.1 Å². The number of aromatic amines is 1. The number of nitrogens with one attached hydrogen (secondary N) is 4. The molecular weight excluding hydrogens is 424 g/mol. The monoisotopic (exact) mass is 452 g/mol. The molecule has 2 aromatic rings. The average molecular weight is 453 g/mol. The Morgan fingerprint density at radius 1 is 1.32 bits per heavy atom. The summed E-state index contributed by atoms with van der Waals surface area (Å²) < 4.78 is 31.8. The van der Waals surface area contributed by atoms with Crippen LogP contribution >= 0.6 is 0 Å². The van der Waals surface area contributed by atoms with Gasteiger partial charge in [0.15, 0.2) is 5.82 Å². The molecule has 0 spiro atoms. The van der Waals surface area contributed by atoms with Crippen LogP contribution in [0, 0.1) is 0 Å². The first kappa shape index (κ1) is 23.0. The first-order valence-electron chi connectivity index (χ1n) is 10.1. The summed E-state index contributed by atoms with van der Waals surface area (Å²) in [6.45, 7) is 3.42. The second kappa shape index (κ2) is 10.1. The molecule has 1 saturated carbocycles. The number of aromatic nitrogens is 3. The lowest BCUT2D eigenvalue weighted by Crippen LogP contribution is -2.33. The molecule has 2 aromatic heterocycles. The number of H-pyrrole nitrogens is 1. The van der Waals surface area contributed by atoms with Crippen molar-refractivity contribution in [2.24, 2.45) is 0 Å². The van der Waals surface area contributed by atoms with Gasteiger partial charge in [-0.2, -0.15) is 5.10 Å². The molecule has 2 heterocycles. The number of aliphatic hydroxyl groups excluding tert-OH is 1. The summed E-state index contributed by atoms with van der Waals surface area (Å²) in [6, 6.07) is 4.86. The largest absolute Gasteiger partial charge is 0.446 e. The highest BCUT2D eigenvalue weighted by Gasteiger charge is 2.30. The molecule has 0 aliphatic heterocycles. The molecule has 2 unspecified atom stereocenters. The maximum atomic E-state index is 12.0.